The van der Waals surface area contributed by atoms with Gasteiger partial charge in [0, 0.05) is 19.2 Å². The van der Waals surface area contributed by atoms with Crippen LogP contribution in [0.4, 0.5) is 0 Å². The van der Waals surface area contributed by atoms with Crippen LogP contribution in [0.2, 0.25) is 0 Å². The van der Waals surface area contributed by atoms with Gasteiger partial charge in [-0.25, -0.2) is 4.68 Å². The second-order valence-corrected chi connectivity index (χ2v) is 6.26. The molecule has 0 spiro atoms. The van der Waals surface area contributed by atoms with Crippen molar-refractivity contribution in [1.82, 2.24) is 25.6 Å². The average Bonchev–Trinajstić information content (AvgIpc) is 3.08. The van der Waals surface area contributed by atoms with E-state index in [1.807, 2.05) is 25.1 Å². The summed E-state index contributed by atoms with van der Waals surface area (Å²) in [5.41, 5.74) is 3.02. The van der Waals surface area contributed by atoms with Gasteiger partial charge in [0.1, 0.15) is 13.2 Å². The lowest BCUT2D eigenvalue weighted by Crippen LogP contribution is -2.30. The van der Waals surface area contributed by atoms with Gasteiger partial charge in [-0.3, -0.25) is 4.79 Å². The maximum atomic E-state index is 12.5. The summed E-state index contributed by atoms with van der Waals surface area (Å²) < 4.78 is 12.8. The van der Waals surface area contributed by atoms with Gasteiger partial charge >= 0.3 is 0 Å². The first-order valence-corrected chi connectivity index (χ1v) is 8.71. The number of carbonyl (C=O) groups is 1. The van der Waals surface area contributed by atoms with E-state index in [1.165, 1.54) is 5.57 Å². The minimum Gasteiger partial charge on any atom is -0.486 e. The second kappa shape index (κ2) is 8.41. The van der Waals surface area contributed by atoms with Gasteiger partial charge in [0.25, 0.3) is 5.91 Å². The van der Waals surface area contributed by atoms with E-state index < -0.39 is 0 Å². The smallest absolute Gasteiger partial charge is 0.274 e. The summed E-state index contributed by atoms with van der Waals surface area (Å²) in [6.45, 7) is 5.23. The summed E-state index contributed by atoms with van der Waals surface area (Å²) in [6, 6.07) is 5.56. The quantitative estimate of drug-likeness (QED) is 0.766. The van der Waals surface area contributed by atoms with Gasteiger partial charge in [-0.05, 0) is 32.0 Å². The summed E-state index contributed by atoms with van der Waals surface area (Å²) in [5.74, 6) is 1.17. The number of fused-ring (bicyclic) bond motifs is 1. The number of nitrogens with one attached hydrogen (secondary N) is 2. The van der Waals surface area contributed by atoms with E-state index in [4.69, 9.17) is 9.47 Å². The first-order chi connectivity index (χ1) is 12.7. The Morgan fingerprint density at radius 1 is 1.30 bits per heavy atom. The lowest BCUT2D eigenvalue weighted by atomic mass is 10.1. The maximum Gasteiger partial charge on any atom is 0.274 e. The van der Waals surface area contributed by atoms with Crippen LogP contribution in [-0.2, 0) is 0 Å². The third-order valence-electron chi connectivity index (χ3n) is 4.51. The minimum atomic E-state index is -0.217. The molecule has 9 heteroatoms. The Balaban J connectivity index is 0.00000210. The van der Waals surface area contributed by atoms with Gasteiger partial charge in [-0.2, -0.15) is 0 Å². The number of ether oxygens (including phenoxy) is 2. The van der Waals surface area contributed by atoms with Crippen LogP contribution < -0.4 is 20.1 Å². The van der Waals surface area contributed by atoms with Gasteiger partial charge in [0.15, 0.2) is 17.2 Å². The Morgan fingerprint density at radius 3 is 2.89 bits per heavy atom. The lowest BCUT2D eigenvalue weighted by Gasteiger charge is -2.18. The van der Waals surface area contributed by atoms with Crippen molar-refractivity contribution >= 4 is 18.3 Å². The first kappa shape index (κ1) is 19.2. The molecular formula is C18H22ClN5O3. The average molecular weight is 392 g/mol. The van der Waals surface area contributed by atoms with Gasteiger partial charge in [0.2, 0.25) is 0 Å². The molecule has 2 aromatic rings. The lowest BCUT2D eigenvalue weighted by molar-refractivity contribution is 0.0951. The molecule has 0 saturated heterocycles. The topological polar surface area (TPSA) is 90.3 Å². The molecule has 1 aromatic carbocycles. The second-order valence-electron chi connectivity index (χ2n) is 6.26. The number of aromatic nitrogens is 3. The Kier molecular flexibility index (Phi) is 5.98. The number of halogens is 1. The summed E-state index contributed by atoms with van der Waals surface area (Å²) in [7, 11) is 0. The van der Waals surface area contributed by atoms with E-state index in [2.05, 4.69) is 27.0 Å². The third-order valence-corrected chi connectivity index (χ3v) is 4.51. The van der Waals surface area contributed by atoms with Crippen LogP contribution in [0.25, 0.3) is 5.69 Å². The fourth-order valence-corrected chi connectivity index (χ4v) is 3.06. The van der Waals surface area contributed by atoms with Gasteiger partial charge in [0.05, 0.1) is 11.4 Å². The number of benzene rings is 1. The summed E-state index contributed by atoms with van der Waals surface area (Å²) >= 11 is 0. The van der Waals surface area contributed by atoms with Crippen LogP contribution in [0.3, 0.4) is 0 Å². The highest BCUT2D eigenvalue weighted by molar-refractivity contribution is 5.93. The van der Waals surface area contributed by atoms with Crippen LogP contribution in [0.1, 0.15) is 22.6 Å². The zero-order valence-corrected chi connectivity index (χ0v) is 15.8. The van der Waals surface area contributed by atoms with Crippen LogP contribution in [0.5, 0.6) is 11.5 Å². The Morgan fingerprint density at radius 2 is 2.11 bits per heavy atom. The largest absolute Gasteiger partial charge is 0.486 e. The van der Waals surface area contributed by atoms with E-state index in [9.17, 15) is 4.79 Å². The zero-order chi connectivity index (χ0) is 17.9. The summed E-state index contributed by atoms with van der Waals surface area (Å²) in [6.07, 6.45) is 3.06. The Bertz CT molecular complexity index is 865. The molecule has 27 heavy (non-hydrogen) atoms. The third kappa shape index (κ3) is 4.06. The molecule has 8 nitrogen and oxygen atoms in total. The molecule has 0 bridgehead atoms. The molecule has 0 fully saturated rings. The molecule has 0 unspecified atom stereocenters. The molecule has 2 aliphatic rings. The molecule has 4 rings (SSSR count). The number of rotatable bonds is 4. The van der Waals surface area contributed by atoms with Crippen molar-refractivity contribution in [3.8, 4) is 17.2 Å². The predicted octanol–water partition coefficient (Wildman–Crippen LogP) is 1.42. The molecule has 1 aromatic heterocycles. The molecule has 3 heterocycles. The molecule has 0 saturated carbocycles. The van der Waals surface area contributed by atoms with Crippen LogP contribution in [0, 0.1) is 6.92 Å². The van der Waals surface area contributed by atoms with Crippen molar-refractivity contribution in [3.63, 3.8) is 0 Å². The van der Waals surface area contributed by atoms with Gasteiger partial charge in [-0.15, -0.1) is 17.5 Å². The minimum absolute atomic E-state index is 0. The van der Waals surface area contributed by atoms with Crippen molar-refractivity contribution < 1.29 is 14.3 Å². The highest BCUT2D eigenvalue weighted by Crippen LogP contribution is 2.32. The molecule has 1 amide bonds. The van der Waals surface area contributed by atoms with E-state index >= 15 is 0 Å². The molecule has 0 aliphatic carbocycles. The van der Waals surface area contributed by atoms with Crippen molar-refractivity contribution in [2.45, 2.75) is 13.3 Å². The van der Waals surface area contributed by atoms with Crippen molar-refractivity contribution in [3.05, 3.63) is 41.2 Å². The molecular weight excluding hydrogens is 370 g/mol. The van der Waals surface area contributed by atoms with E-state index in [1.54, 1.807) is 4.68 Å². The summed E-state index contributed by atoms with van der Waals surface area (Å²) in [4.78, 5) is 12.5. The fourth-order valence-electron chi connectivity index (χ4n) is 3.06. The van der Waals surface area contributed by atoms with E-state index in [0.29, 0.717) is 42.6 Å². The maximum absolute atomic E-state index is 12.5. The van der Waals surface area contributed by atoms with Crippen molar-refractivity contribution in [2.75, 3.05) is 32.8 Å². The predicted molar refractivity (Wildman–Crippen MR) is 102 cm³/mol. The SMILES string of the molecule is Cc1c(C(=O)NCC2=CCNCC2)nnn1-c1ccc2c(c1)OCCO2.Cl. The number of nitrogens with zero attached hydrogens (tertiary/aromatic N) is 3. The van der Waals surface area contributed by atoms with Crippen LogP contribution >= 0.6 is 12.4 Å². The number of amides is 1. The van der Waals surface area contributed by atoms with Crippen LogP contribution in [0.15, 0.2) is 29.8 Å². The highest BCUT2D eigenvalue weighted by atomic mass is 35.5. The Hall–Kier alpha value is -2.58. The van der Waals surface area contributed by atoms with Crippen LogP contribution in [-0.4, -0.2) is 53.7 Å². The monoisotopic (exact) mass is 391 g/mol. The number of hydrogen-bond acceptors (Lipinski definition) is 6. The molecule has 0 atom stereocenters. The standard InChI is InChI=1S/C18H21N5O3.ClH/c1-12-17(18(24)20-11-13-4-6-19-7-5-13)21-22-23(12)14-2-3-15-16(10-14)26-9-8-25-15;/h2-4,10,19H,5-9,11H2,1H3,(H,20,24);1H. The summed E-state index contributed by atoms with van der Waals surface area (Å²) in [5, 5.41) is 14.4. The molecule has 0 radical (unpaired) electrons. The number of carbonyl (C=O) groups excluding carboxylic acids is 1. The normalized spacial score (nSPS) is 15.5. The Labute approximate surface area is 163 Å². The molecule has 144 valence electrons. The molecule has 2 N–H and O–H groups in total. The zero-order valence-electron chi connectivity index (χ0n) is 15.0. The molecule has 2 aliphatic heterocycles. The number of hydrogen-bond donors (Lipinski definition) is 2. The van der Waals surface area contributed by atoms with Crippen molar-refractivity contribution in [1.29, 1.82) is 0 Å². The van der Waals surface area contributed by atoms with Gasteiger partial charge < -0.3 is 20.1 Å². The van der Waals surface area contributed by atoms with Crippen molar-refractivity contribution in [2.24, 2.45) is 0 Å². The van der Waals surface area contributed by atoms with E-state index in [-0.39, 0.29) is 18.3 Å². The van der Waals surface area contributed by atoms with E-state index in [0.717, 1.165) is 25.2 Å². The first-order valence-electron chi connectivity index (χ1n) is 8.71. The highest BCUT2D eigenvalue weighted by Gasteiger charge is 2.19. The fraction of sp³-hybridized carbons (Fsp3) is 0.389. The van der Waals surface area contributed by atoms with Gasteiger partial charge in [-0.1, -0.05) is 16.9 Å².